The van der Waals surface area contributed by atoms with Gasteiger partial charge in [0.25, 0.3) is 7.82 Å². The summed E-state index contributed by atoms with van der Waals surface area (Å²) in [5, 5.41) is 0. The molecule has 0 radical (unpaired) electrons. The second-order valence-electron chi connectivity index (χ2n) is 18.6. The number of phosphoric ester groups is 1. The molecule has 0 aromatic carbocycles. The number of rotatable bonds is 45. The summed E-state index contributed by atoms with van der Waals surface area (Å²) in [4.78, 5) is 37.7. The minimum atomic E-state index is -4.65. The van der Waals surface area contributed by atoms with Crippen molar-refractivity contribution >= 4 is 19.8 Å². The van der Waals surface area contributed by atoms with Gasteiger partial charge in [-0.05, 0) is 70.6 Å². The fourth-order valence-corrected chi connectivity index (χ4v) is 7.88. The second-order valence-corrected chi connectivity index (χ2v) is 20.0. The number of nitrogens with zero attached hydrogens (tertiary/aromatic N) is 1. The number of quaternary nitrogens is 1. The molecule has 3 unspecified atom stereocenters. The SMILES string of the molecule is CCCCCCCC/C=C\CCCCCCCCCCCCCC(=O)O[C@H](COC(=O)CCC/C=C\C/C=C\C/C=C\CC1OC1CCCCC)COP(=O)([O-])OCC[N+](C)(C)C. The summed E-state index contributed by atoms with van der Waals surface area (Å²) in [6.45, 7) is 4.14. The monoisotopic (exact) mass is 908 g/mol. The third kappa shape index (κ3) is 41.1. The van der Waals surface area contributed by atoms with Crippen molar-refractivity contribution in [3.05, 3.63) is 48.6 Å². The Hall–Kier alpha value is -2.07. The molecular weight excluding hydrogens is 814 g/mol. The van der Waals surface area contributed by atoms with E-state index in [9.17, 15) is 19.0 Å². The molecule has 11 heteroatoms. The molecule has 0 N–H and O–H groups in total. The number of carbonyl (C=O) groups is 2. The van der Waals surface area contributed by atoms with Crippen molar-refractivity contribution in [2.75, 3.05) is 47.5 Å². The molecule has 0 bridgehead atoms. The zero-order valence-corrected chi connectivity index (χ0v) is 41.9. The van der Waals surface area contributed by atoms with Crippen molar-refractivity contribution in [3.63, 3.8) is 0 Å². The first-order valence-electron chi connectivity index (χ1n) is 25.5. The summed E-state index contributed by atoms with van der Waals surface area (Å²) in [6, 6.07) is 0. The summed E-state index contributed by atoms with van der Waals surface area (Å²) < 4.78 is 39.7. The average Bonchev–Trinajstić information content (AvgIpc) is 3.99. The van der Waals surface area contributed by atoms with E-state index in [0.29, 0.717) is 36.1 Å². The van der Waals surface area contributed by atoms with Crippen LogP contribution in [-0.2, 0) is 37.4 Å². The van der Waals surface area contributed by atoms with Crippen LogP contribution < -0.4 is 4.89 Å². The summed E-state index contributed by atoms with van der Waals surface area (Å²) in [5.74, 6) is -0.903. The number of carbonyl (C=O) groups excluding carboxylic acids is 2. The van der Waals surface area contributed by atoms with Gasteiger partial charge in [0, 0.05) is 12.8 Å². The Morgan fingerprint density at radius 1 is 0.587 bits per heavy atom. The lowest BCUT2D eigenvalue weighted by Gasteiger charge is -2.28. The first kappa shape index (κ1) is 58.9. The van der Waals surface area contributed by atoms with Crippen molar-refractivity contribution in [2.45, 2.75) is 225 Å². The molecule has 0 spiro atoms. The molecule has 1 rings (SSSR count). The fraction of sp³-hybridized carbons (Fsp3) is 0.808. The lowest BCUT2D eigenvalue weighted by Crippen LogP contribution is -2.37. The maximum atomic E-state index is 12.7. The van der Waals surface area contributed by atoms with Gasteiger partial charge in [0.1, 0.15) is 19.8 Å². The number of allylic oxidation sites excluding steroid dienone is 7. The van der Waals surface area contributed by atoms with Crippen LogP contribution in [0.25, 0.3) is 0 Å². The highest BCUT2D eigenvalue weighted by Gasteiger charge is 2.36. The van der Waals surface area contributed by atoms with Gasteiger partial charge in [-0.25, -0.2) is 0 Å². The van der Waals surface area contributed by atoms with Gasteiger partial charge in [0.2, 0.25) is 0 Å². The average molecular weight is 908 g/mol. The Morgan fingerprint density at radius 2 is 1.08 bits per heavy atom. The molecule has 1 saturated heterocycles. The van der Waals surface area contributed by atoms with E-state index in [-0.39, 0.29) is 26.1 Å². The lowest BCUT2D eigenvalue weighted by atomic mass is 10.0. The quantitative estimate of drug-likeness (QED) is 0.0147. The van der Waals surface area contributed by atoms with Gasteiger partial charge in [-0.3, -0.25) is 14.2 Å². The molecule has 366 valence electrons. The number of likely N-dealkylation sites (N-methyl/N-ethyl adjacent to an activating group) is 1. The van der Waals surface area contributed by atoms with Crippen molar-refractivity contribution in [2.24, 2.45) is 0 Å². The molecule has 0 saturated carbocycles. The highest BCUT2D eigenvalue weighted by atomic mass is 31.2. The van der Waals surface area contributed by atoms with E-state index in [2.05, 4.69) is 62.5 Å². The van der Waals surface area contributed by atoms with Crippen LogP contribution in [0.2, 0.25) is 0 Å². The van der Waals surface area contributed by atoms with Gasteiger partial charge in [0.15, 0.2) is 6.10 Å². The van der Waals surface area contributed by atoms with Gasteiger partial charge in [-0.1, -0.05) is 172 Å². The van der Waals surface area contributed by atoms with E-state index in [1.165, 1.54) is 122 Å². The third-order valence-electron chi connectivity index (χ3n) is 11.2. The minimum absolute atomic E-state index is 0.0422. The molecule has 0 aliphatic carbocycles. The highest BCUT2D eigenvalue weighted by Crippen LogP contribution is 2.38. The molecule has 1 aliphatic heterocycles. The van der Waals surface area contributed by atoms with Crippen molar-refractivity contribution in [3.8, 4) is 0 Å². The summed E-state index contributed by atoms with van der Waals surface area (Å²) in [6.07, 6.45) is 50.4. The predicted octanol–water partition coefficient (Wildman–Crippen LogP) is 13.4. The molecule has 0 amide bonds. The van der Waals surface area contributed by atoms with Gasteiger partial charge in [-0.2, -0.15) is 0 Å². The van der Waals surface area contributed by atoms with Crippen LogP contribution in [0.5, 0.6) is 0 Å². The zero-order valence-electron chi connectivity index (χ0n) is 41.0. The summed E-state index contributed by atoms with van der Waals surface area (Å²) in [7, 11) is 1.13. The smallest absolute Gasteiger partial charge is 0.306 e. The Morgan fingerprint density at radius 3 is 1.68 bits per heavy atom. The van der Waals surface area contributed by atoms with Gasteiger partial charge in [0.05, 0.1) is 40.0 Å². The Labute approximate surface area is 386 Å². The van der Waals surface area contributed by atoms with Crippen LogP contribution in [-0.4, -0.2) is 82.2 Å². The number of hydrogen-bond acceptors (Lipinski definition) is 9. The Balaban J connectivity index is 2.24. The van der Waals surface area contributed by atoms with Gasteiger partial charge in [-0.15, -0.1) is 0 Å². The second kappa shape index (κ2) is 40.2. The molecule has 1 heterocycles. The molecule has 0 aromatic rings. The molecule has 1 aliphatic rings. The maximum Gasteiger partial charge on any atom is 0.306 e. The summed E-state index contributed by atoms with van der Waals surface area (Å²) >= 11 is 0. The standard InChI is InChI=1S/C52H94NO9P/c1-6-8-10-11-12-13-14-15-16-17-18-19-20-21-22-23-24-29-32-35-39-43-52(55)61-48(47-60-63(56,57)59-45-44-53(3,4)5)46-58-51(54)42-38-34-31-28-26-25-27-30-33-37-41-50-49(62-50)40-36-9-7-2/h15-16,25,27-28,31,33,37,48-50H,6-14,17-24,26,29-30,32,34-36,38-47H2,1-5H3/b16-15-,27-25-,31-28-,37-33-/t48-,49?,50?/m1/s1. The summed E-state index contributed by atoms with van der Waals surface area (Å²) in [5.41, 5.74) is 0. The van der Waals surface area contributed by atoms with Crippen molar-refractivity contribution in [1.82, 2.24) is 0 Å². The Kier molecular flexibility index (Phi) is 37.6. The van der Waals surface area contributed by atoms with Crippen molar-refractivity contribution in [1.29, 1.82) is 0 Å². The highest BCUT2D eigenvalue weighted by molar-refractivity contribution is 7.45. The largest absolute Gasteiger partial charge is 0.756 e. The number of esters is 2. The van der Waals surface area contributed by atoms with E-state index in [1.54, 1.807) is 0 Å². The molecule has 4 atom stereocenters. The molecule has 10 nitrogen and oxygen atoms in total. The van der Waals surface area contributed by atoms with E-state index in [0.717, 1.165) is 44.9 Å². The van der Waals surface area contributed by atoms with Crippen LogP contribution >= 0.6 is 7.82 Å². The lowest BCUT2D eigenvalue weighted by molar-refractivity contribution is -0.870. The first-order chi connectivity index (χ1) is 30.5. The first-order valence-corrected chi connectivity index (χ1v) is 26.9. The van der Waals surface area contributed by atoms with Crippen LogP contribution in [0.4, 0.5) is 0 Å². The number of ether oxygens (including phenoxy) is 3. The Bertz CT molecular complexity index is 1280. The number of hydrogen-bond donors (Lipinski definition) is 0. The minimum Gasteiger partial charge on any atom is -0.756 e. The maximum absolute atomic E-state index is 12.7. The number of unbranched alkanes of at least 4 members (excludes halogenated alkanes) is 20. The number of phosphoric acid groups is 1. The molecule has 63 heavy (non-hydrogen) atoms. The molecular formula is C52H94NO9P. The zero-order chi connectivity index (χ0) is 46.1. The van der Waals surface area contributed by atoms with Gasteiger partial charge >= 0.3 is 11.9 Å². The van der Waals surface area contributed by atoms with E-state index in [1.807, 2.05) is 21.1 Å². The number of epoxide rings is 1. The van der Waals surface area contributed by atoms with Crippen molar-refractivity contribution < 1.29 is 46.8 Å². The normalized spacial score (nSPS) is 17.0. The van der Waals surface area contributed by atoms with Crippen LogP contribution in [0, 0.1) is 0 Å². The van der Waals surface area contributed by atoms with E-state index >= 15 is 0 Å². The third-order valence-corrected chi connectivity index (χ3v) is 12.2. The van der Waals surface area contributed by atoms with E-state index < -0.39 is 32.5 Å². The molecule has 0 aromatic heterocycles. The van der Waals surface area contributed by atoms with Crippen LogP contribution in [0.15, 0.2) is 48.6 Å². The van der Waals surface area contributed by atoms with Crippen LogP contribution in [0.3, 0.4) is 0 Å². The van der Waals surface area contributed by atoms with Gasteiger partial charge < -0.3 is 32.6 Å². The molecule has 1 fully saturated rings. The topological polar surface area (TPSA) is 124 Å². The predicted molar refractivity (Wildman–Crippen MR) is 258 cm³/mol. The van der Waals surface area contributed by atoms with E-state index in [4.69, 9.17) is 23.3 Å². The fourth-order valence-electron chi connectivity index (χ4n) is 7.15. The van der Waals surface area contributed by atoms with Crippen LogP contribution in [0.1, 0.15) is 206 Å².